The summed E-state index contributed by atoms with van der Waals surface area (Å²) in [5.74, 6) is -0.243. The lowest BCUT2D eigenvalue weighted by Gasteiger charge is -2.10. The van der Waals surface area contributed by atoms with E-state index in [9.17, 15) is 9.18 Å². The van der Waals surface area contributed by atoms with Gasteiger partial charge in [0.1, 0.15) is 18.2 Å². The molecule has 0 heterocycles. The Kier molecular flexibility index (Phi) is 3.72. The molecule has 0 N–H and O–H groups in total. The molecule has 0 unspecified atom stereocenters. The van der Waals surface area contributed by atoms with Crippen molar-refractivity contribution in [3.05, 3.63) is 65.0 Å². The Bertz CT molecular complexity index is 550. The number of benzene rings is 2. The van der Waals surface area contributed by atoms with E-state index in [0.29, 0.717) is 18.5 Å². The van der Waals surface area contributed by atoms with Crippen LogP contribution in [0.3, 0.4) is 0 Å². The molecule has 18 heavy (non-hydrogen) atoms. The third kappa shape index (κ3) is 2.56. The molecule has 0 saturated heterocycles. The number of hydrogen-bond acceptors (Lipinski definition) is 2. The largest absolute Gasteiger partial charge is 0.488 e. The van der Waals surface area contributed by atoms with Gasteiger partial charge in [0, 0.05) is 0 Å². The van der Waals surface area contributed by atoms with E-state index in [1.807, 2.05) is 30.3 Å². The van der Waals surface area contributed by atoms with Crippen molar-refractivity contribution in [1.82, 2.24) is 0 Å². The van der Waals surface area contributed by atoms with Crippen LogP contribution in [0.2, 0.25) is 0 Å². The van der Waals surface area contributed by atoms with E-state index in [0.717, 1.165) is 5.56 Å². The van der Waals surface area contributed by atoms with Crippen LogP contribution in [0.4, 0.5) is 4.39 Å². The van der Waals surface area contributed by atoms with Gasteiger partial charge in [0.15, 0.2) is 6.29 Å². The average Bonchev–Trinajstić information content (AvgIpc) is 2.41. The van der Waals surface area contributed by atoms with Crippen LogP contribution in [0.5, 0.6) is 5.75 Å². The topological polar surface area (TPSA) is 26.3 Å². The average molecular weight is 244 g/mol. The van der Waals surface area contributed by atoms with E-state index in [-0.39, 0.29) is 11.3 Å². The third-order valence-electron chi connectivity index (χ3n) is 2.69. The number of carbonyl (C=O) groups excluding carboxylic acids is 1. The van der Waals surface area contributed by atoms with Gasteiger partial charge in [0.05, 0.1) is 5.56 Å². The van der Waals surface area contributed by atoms with Gasteiger partial charge in [-0.3, -0.25) is 4.79 Å². The standard InChI is InChI=1S/C15H13FO2/c1-11-7-8-14(13(9-17)15(11)16)18-10-12-5-3-2-4-6-12/h2-9H,10H2,1H3. The molecule has 2 aromatic carbocycles. The van der Waals surface area contributed by atoms with Gasteiger partial charge in [0.2, 0.25) is 0 Å². The first-order chi connectivity index (χ1) is 8.72. The number of halogens is 1. The number of rotatable bonds is 4. The highest BCUT2D eigenvalue weighted by Gasteiger charge is 2.11. The van der Waals surface area contributed by atoms with Crippen LogP contribution in [0.1, 0.15) is 21.5 Å². The highest BCUT2D eigenvalue weighted by molar-refractivity contribution is 5.80. The second kappa shape index (κ2) is 5.45. The maximum absolute atomic E-state index is 13.7. The number of hydrogen-bond donors (Lipinski definition) is 0. The minimum Gasteiger partial charge on any atom is -0.488 e. The molecule has 0 spiro atoms. The summed E-state index contributed by atoms with van der Waals surface area (Å²) in [5.41, 5.74) is 1.38. The molecular formula is C15H13FO2. The van der Waals surface area contributed by atoms with Crippen molar-refractivity contribution in [2.75, 3.05) is 0 Å². The van der Waals surface area contributed by atoms with Crippen molar-refractivity contribution in [3.63, 3.8) is 0 Å². The highest BCUT2D eigenvalue weighted by Crippen LogP contribution is 2.23. The highest BCUT2D eigenvalue weighted by atomic mass is 19.1. The number of aldehydes is 1. The molecule has 0 aliphatic rings. The molecule has 2 rings (SSSR count). The van der Waals surface area contributed by atoms with Crippen molar-refractivity contribution in [2.24, 2.45) is 0 Å². The molecule has 92 valence electrons. The van der Waals surface area contributed by atoms with Gasteiger partial charge in [-0.2, -0.15) is 0 Å². The number of carbonyl (C=O) groups is 1. The Morgan fingerprint density at radius 2 is 1.89 bits per heavy atom. The molecule has 0 aliphatic heterocycles. The summed E-state index contributed by atoms with van der Waals surface area (Å²) in [6.07, 6.45) is 0.489. The number of aryl methyl sites for hydroxylation is 1. The predicted molar refractivity (Wildman–Crippen MR) is 67.3 cm³/mol. The zero-order valence-electron chi connectivity index (χ0n) is 10.0. The second-order valence-corrected chi connectivity index (χ2v) is 4.00. The van der Waals surface area contributed by atoms with Crippen molar-refractivity contribution in [2.45, 2.75) is 13.5 Å². The summed E-state index contributed by atoms with van der Waals surface area (Å²) < 4.78 is 19.2. The Morgan fingerprint density at radius 3 is 2.56 bits per heavy atom. The Morgan fingerprint density at radius 1 is 1.17 bits per heavy atom. The van der Waals surface area contributed by atoms with Crippen LogP contribution in [0.25, 0.3) is 0 Å². The smallest absolute Gasteiger partial charge is 0.156 e. The molecule has 0 radical (unpaired) electrons. The monoisotopic (exact) mass is 244 g/mol. The van der Waals surface area contributed by atoms with Gasteiger partial charge in [-0.1, -0.05) is 36.4 Å². The minimum atomic E-state index is -0.518. The maximum Gasteiger partial charge on any atom is 0.156 e. The predicted octanol–water partition coefficient (Wildman–Crippen LogP) is 3.53. The summed E-state index contributed by atoms with van der Waals surface area (Å²) >= 11 is 0. The Hall–Kier alpha value is -2.16. The molecule has 2 aromatic rings. The molecule has 0 aromatic heterocycles. The van der Waals surface area contributed by atoms with Crippen LogP contribution in [-0.2, 0) is 6.61 Å². The minimum absolute atomic E-state index is 0.0223. The van der Waals surface area contributed by atoms with Gasteiger partial charge >= 0.3 is 0 Å². The van der Waals surface area contributed by atoms with Crippen LogP contribution >= 0.6 is 0 Å². The Balaban J connectivity index is 2.20. The quantitative estimate of drug-likeness (QED) is 0.769. The first kappa shape index (κ1) is 12.3. The normalized spacial score (nSPS) is 10.1. The number of ether oxygens (including phenoxy) is 1. The van der Waals surface area contributed by atoms with Gasteiger partial charge in [-0.05, 0) is 24.1 Å². The van der Waals surface area contributed by atoms with Crippen LogP contribution in [0, 0.1) is 12.7 Å². The van der Waals surface area contributed by atoms with E-state index in [1.54, 1.807) is 19.1 Å². The molecule has 0 saturated carbocycles. The van der Waals surface area contributed by atoms with E-state index in [4.69, 9.17) is 4.74 Å². The summed E-state index contributed by atoms with van der Waals surface area (Å²) in [7, 11) is 0. The van der Waals surface area contributed by atoms with Crippen molar-refractivity contribution in [1.29, 1.82) is 0 Å². The zero-order chi connectivity index (χ0) is 13.0. The van der Waals surface area contributed by atoms with Gasteiger partial charge in [0.25, 0.3) is 0 Å². The molecule has 0 bridgehead atoms. The van der Waals surface area contributed by atoms with E-state index < -0.39 is 5.82 Å². The summed E-state index contributed by atoms with van der Waals surface area (Å²) in [6, 6.07) is 12.7. The first-order valence-electron chi connectivity index (χ1n) is 5.63. The van der Waals surface area contributed by atoms with E-state index in [2.05, 4.69) is 0 Å². The fraction of sp³-hybridized carbons (Fsp3) is 0.133. The molecule has 0 atom stereocenters. The van der Waals surface area contributed by atoms with Gasteiger partial charge < -0.3 is 4.74 Å². The molecule has 0 aliphatic carbocycles. The zero-order valence-corrected chi connectivity index (χ0v) is 10.0. The lowest BCUT2D eigenvalue weighted by Crippen LogP contribution is -2.01. The fourth-order valence-electron chi connectivity index (χ4n) is 1.66. The van der Waals surface area contributed by atoms with Gasteiger partial charge in [-0.25, -0.2) is 4.39 Å². The molecular weight excluding hydrogens is 231 g/mol. The van der Waals surface area contributed by atoms with Crippen LogP contribution in [0.15, 0.2) is 42.5 Å². The molecule has 0 fully saturated rings. The van der Waals surface area contributed by atoms with Gasteiger partial charge in [-0.15, -0.1) is 0 Å². The Labute approximate surface area is 105 Å². The first-order valence-corrected chi connectivity index (χ1v) is 5.63. The summed E-state index contributed by atoms with van der Waals surface area (Å²) in [5, 5.41) is 0. The summed E-state index contributed by atoms with van der Waals surface area (Å²) in [4.78, 5) is 10.9. The second-order valence-electron chi connectivity index (χ2n) is 4.00. The fourth-order valence-corrected chi connectivity index (χ4v) is 1.66. The lowest BCUT2D eigenvalue weighted by atomic mass is 10.1. The summed E-state index contributed by atoms with van der Waals surface area (Å²) in [6.45, 7) is 1.92. The maximum atomic E-state index is 13.7. The van der Waals surface area contributed by atoms with Crippen molar-refractivity contribution < 1.29 is 13.9 Å². The SMILES string of the molecule is Cc1ccc(OCc2ccccc2)c(C=O)c1F. The van der Waals surface area contributed by atoms with Crippen LogP contribution < -0.4 is 4.74 Å². The van der Waals surface area contributed by atoms with Crippen molar-refractivity contribution >= 4 is 6.29 Å². The third-order valence-corrected chi connectivity index (χ3v) is 2.69. The molecule has 0 amide bonds. The van der Waals surface area contributed by atoms with E-state index in [1.165, 1.54) is 0 Å². The van der Waals surface area contributed by atoms with E-state index >= 15 is 0 Å². The lowest BCUT2D eigenvalue weighted by molar-refractivity contribution is 0.111. The van der Waals surface area contributed by atoms with Crippen molar-refractivity contribution in [3.8, 4) is 5.75 Å². The molecule has 2 nitrogen and oxygen atoms in total. The molecule has 3 heteroatoms. The van der Waals surface area contributed by atoms with Crippen LogP contribution in [-0.4, -0.2) is 6.29 Å².